The molecule has 1 saturated carbocycles. The van der Waals surface area contributed by atoms with Crippen LogP contribution >= 0.6 is 11.6 Å². The van der Waals surface area contributed by atoms with E-state index in [0.717, 1.165) is 11.8 Å². The lowest BCUT2D eigenvalue weighted by Gasteiger charge is -2.38. The molecular formula is C27H30ClF3N4O2. The zero-order chi connectivity index (χ0) is 26.8. The Balaban J connectivity index is 1.37. The summed E-state index contributed by atoms with van der Waals surface area (Å²) in [5, 5.41) is 7.31. The Bertz CT molecular complexity index is 1270. The number of aromatic nitrogens is 1. The molecule has 4 rings (SSSR count). The summed E-state index contributed by atoms with van der Waals surface area (Å²) in [7, 11) is 3.86. The highest BCUT2D eigenvalue weighted by atomic mass is 35.5. The van der Waals surface area contributed by atoms with E-state index in [9.17, 15) is 18.0 Å². The maximum Gasteiger partial charge on any atom is 0.433 e. The smallest absolute Gasteiger partial charge is 0.433 e. The third kappa shape index (κ3) is 6.77. The van der Waals surface area contributed by atoms with Gasteiger partial charge in [0, 0.05) is 53.5 Å². The molecule has 1 aliphatic carbocycles. The van der Waals surface area contributed by atoms with E-state index < -0.39 is 17.4 Å². The van der Waals surface area contributed by atoms with Gasteiger partial charge < -0.3 is 20.3 Å². The van der Waals surface area contributed by atoms with Crippen molar-refractivity contribution < 1.29 is 22.7 Å². The number of hydrogen-bond acceptors (Lipinski definition) is 5. The van der Waals surface area contributed by atoms with Crippen LogP contribution in [-0.4, -0.2) is 43.2 Å². The fraction of sp³-hybridized carbons (Fsp3) is 0.407. The standard InChI is InChI=1S/C27H30ClF3N4O2/c1-26(34-25(36)16-37-20-6-4-5-19(14-20)35(2)3)11-9-18(10-12-26)32-23-15-24(27(29,30)31)33-22-8-7-17(28)13-21(22)23/h4-8,13-15,18H,9-12,16H2,1-3H3,(H,32,33)(H,34,36). The molecule has 1 fully saturated rings. The highest BCUT2D eigenvalue weighted by Crippen LogP contribution is 2.36. The topological polar surface area (TPSA) is 66.5 Å². The van der Waals surface area contributed by atoms with Gasteiger partial charge in [0.05, 0.1) is 5.52 Å². The van der Waals surface area contributed by atoms with Crippen LogP contribution in [0.4, 0.5) is 24.5 Å². The van der Waals surface area contributed by atoms with Gasteiger partial charge in [-0.25, -0.2) is 4.98 Å². The second-order valence-corrected chi connectivity index (χ2v) is 10.4. The van der Waals surface area contributed by atoms with E-state index in [1.165, 1.54) is 12.1 Å². The molecule has 6 nitrogen and oxygen atoms in total. The van der Waals surface area contributed by atoms with Gasteiger partial charge in [0.1, 0.15) is 11.4 Å². The number of halogens is 4. The zero-order valence-corrected chi connectivity index (χ0v) is 21.7. The van der Waals surface area contributed by atoms with Crippen molar-refractivity contribution in [2.75, 3.05) is 30.9 Å². The van der Waals surface area contributed by atoms with Crippen molar-refractivity contribution in [3.63, 3.8) is 0 Å². The third-order valence-corrected chi connectivity index (χ3v) is 6.89. The number of nitrogens with zero attached hydrogens (tertiary/aromatic N) is 2. The highest BCUT2D eigenvalue weighted by Gasteiger charge is 2.35. The molecule has 10 heteroatoms. The van der Waals surface area contributed by atoms with Crippen LogP contribution in [0.25, 0.3) is 10.9 Å². The molecule has 37 heavy (non-hydrogen) atoms. The van der Waals surface area contributed by atoms with Crippen LogP contribution in [0.5, 0.6) is 5.75 Å². The van der Waals surface area contributed by atoms with E-state index in [4.69, 9.17) is 16.3 Å². The van der Waals surface area contributed by atoms with E-state index in [0.29, 0.717) is 47.5 Å². The van der Waals surface area contributed by atoms with Crippen molar-refractivity contribution in [2.45, 2.75) is 50.4 Å². The molecule has 1 aromatic heterocycles. The molecule has 0 saturated heterocycles. The number of nitrogens with one attached hydrogen (secondary N) is 2. The Morgan fingerprint density at radius 2 is 1.89 bits per heavy atom. The van der Waals surface area contributed by atoms with Crippen LogP contribution in [0.3, 0.4) is 0 Å². The minimum Gasteiger partial charge on any atom is -0.484 e. The van der Waals surface area contributed by atoms with Gasteiger partial charge in [-0.15, -0.1) is 0 Å². The zero-order valence-electron chi connectivity index (χ0n) is 21.0. The van der Waals surface area contributed by atoms with Crippen molar-refractivity contribution in [3.05, 3.63) is 59.2 Å². The molecular weight excluding hydrogens is 505 g/mol. The van der Waals surface area contributed by atoms with E-state index in [-0.39, 0.29) is 24.1 Å². The lowest BCUT2D eigenvalue weighted by Crippen LogP contribution is -2.51. The Kier molecular flexibility index (Phi) is 7.73. The van der Waals surface area contributed by atoms with E-state index >= 15 is 0 Å². The fourth-order valence-corrected chi connectivity index (χ4v) is 4.75. The molecule has 1 amide bonds. The molecule has 0 spiro atoms. The molecule has 3 aromatic rings. The number of benzene rings is 2. The van der Waals surface area contributed by atoms with Gasteiger partial charge in [0.2, 0.25) is 0 Å². The molecule has 0 unspecified atom stereocenters. The number of carbonyl (C=O) groups excluding carboxylic acids is 1. The van der Waals surface area contributed by atoms with Gasteiger partial charge in [-0.2, -0.15) is 13.2 Å². The normalized spacial score (nSPS) is 19.9. The first-order valence-electron chi connectivity index (χ1n) is 12.1. The summed E-state index contributed by atoms with van der Waals surface area (Å²) in [6.45, 7) is 1.88. The Hall–Kier alpha value is -3.20. The highest BCUT2D eigenvalue weighted by molar-refractivity contribution is 6.31. The SMILES string of the molecule is CN(C)c1cccc(OCC(=O)NC2(C)CCC(Nc3cc(C(F)(F)F)nc4ccc(Cl)cc34)CC2)c1. The molecule has 1 heterocycles. The summed E-state index contributed by atoms with van der Waals surface area (Å²) < 4.78 is 46.0. The van der Waals surface area contributed by atoms with Crippen LogP contribution in [0.2, 0.25) is 5.02 Å². The predicted octanol–water partition coefficient (Wildman–Crippen LogP) is 6.28. The molecule has 1 aliphatic rings. The molecule has 2 N–H and O–H groups in total. The maximum atomic E-state index is 13.4. The Morgan fingerprint density at radius 1 is 1.16 bits per heavy atom. The number of rotatable bonds is 7. The summed E-state index contributed by atoms with van der Waals surface area (Å²) in [6, 6.07) is 13.1. The van der Waals surface area contributed by atoms with Gasteiger partial charge in [-0.3, -0.25) is 4.79 Å². The molecule has 2 aromatic carbocycles. The maximum absolute atomic E-state index is 13.4. The van der Waals surface area contributed by atoms with Gasteiger partial charge >= 0.3 is 6.18 Å². The summed E-state index contributed by atoms with van der Waals surface area (Å²) >= 11 is 6.10. The average Bonchev–Trinajstić information content (AvgIpc) is 2.84. The van der Waals surface area contributed by atoms with Crippen LogP contribution < -0.4 is 20.3 Å². The van der Waals surface area contributed by atoms with Crippen molar-refractivity contribution in [1.29, 1.82) is 0 Å². The molecule has 0 atom stereocenters. The second-order valence-electron chi connectivity index (χ2n) is 9.92. The number of ether oxygens (including phenoxy) is 1. The summed E-state index contributed by atoms with van der Waals surface area (Å²) in [5.74, 6) is 0.399. The molecule has 0 radical (unpaired) electrons. The Morgan fingerprint density at radius 3 is 2.57 bits per heavy atom. The van der Waals surface area contributed by atoms with Gasteiger partial charge in [-0.1, -0.05) is 17.7 Å². The number of pyridine rings is 1. The lowest BCUT2D eigenvalue weighted by atomic mass is 9.80. The number of hydrogen-bond donors (Lipinski definition) is 2. The van der Waals surface area contributed by atoms with E-state index in [1.807, 2.05) is 44.1 Å². The third-order valence-electron chi connectivity index (χ3n) is 6.66. The number of alkyl halides is 3. The van der Waals surface area contributed by atoms with Gasteiger partial charge in [-0.05, 0) is 69.0 Å². The predicted molar refractivity (Wildman–Crippen MR) is 140 cm³/mol. The quantitative estimate of drug-likeness (QED) is 0.373. The summed E-state index contributed by atoms with van der Waals surface area (Å²) in [4.78, 5) is 18.3. The van der Waals surface area contributed by atoms with Crippen LogP contribution in [0.15, 0.2) is 48.5 Å². The number of amides is 1. The van der Waals surface area contributed by atoms with Crippen LogP contribution in [0, 0.1) is 0 Å². The van der Waals surface area contributed by atoms with Crippen molar-refractivity contribution in [2.24, 2.45) is 0 Å². The average molecular weight is 535 g/mol. The van der Waals surface area contributed by atoms with Crippen molar-refractivity contribution in [1.82, 2.24) is 10.3 Å². The van der Waals surface area contributed by atoms with Crippen LogP contribution in [0.1, 0.15) is 38.3 Å². The fourth-order valence-electron chi connectivity index (χ4n) is 4.58. The number of fused-ring (bicyclic) bond motifs is 1. The minimum atomic E-state index is -4.56. The largest absolute Gasteiger partial charge is 0.484 e. The minimum absolute atomic E-state index is 0.0549. The molecule has 0 bridgehead atoms. The first kappa shape index (κ1) is 26.9. The summed E-state index contributed by atoms with van der Waals surface area (Å²) in [5.41, 5.74) is 0.179. The van der Waals surface area contributed by atoms with E-state index in [2.05, 4.69) is 15.6 Å². The van der Waals surface area contributed by atoms with Gasteiger partial charge in [0.15, 0.2) is 6.61 Å². The first-order valence-corrected chi connectivity index (χ1v) is 12.4. The molecule has 0 aliphatic heterocycles. The van der Waals surface area contributed by atoms with E-state index in [1.54, 1.807) is 12.1 Å². The van der Waals surface area contributed by atoms with Crippen molar-refractivity contribution in [3.8, 4) is 5.75 Å². The van der Waals surface area contributed by atoms with Crippen molar-refractivity contribution >= 4 is 39.8 Å². The van der Waals surface area contributed by atoms with Gasteiger partial charge in [0.25, 0.3) is 5.91 Å². The Labute approximate surface area is 219 Å². The number of anilines is 2. The molecule has 198 valence electrons. The second kappa shape index (κ2) is 10.7. The van der Waals surface area contributed by atoms with Crippen LogP contribution in [-0.2, 0) is 11.0 Å². The lowest BCUT2D eigenvalue weighted by molar-refractivity contribution is -0.140. The number of carbonyl (C=O) groups is 1. The first-order chi connectivity index (χ1) is 17.4. The summed E-state index contributed by atoms with van der Waals surface area (Å²) in [6.07, 6.45) is -1.87. The monoisotopic (exact) mass is 534 g/mol.